The molecule has 0 aliphatic carbocycles. The molecule has 0 spiro atoms. The van der Waals surface area contributed by atoms with Crippen LogP contribution >= 0.6 is 23.2 Å². The van der Waals surface area contributed by atoms with Gasteiger partial charge in [-0.3, -0.25) is 14.4 Å². The molecule has 2 amide bonds. The maximum absolute atomic E-state index is 12.9. The fourth-order valence-corrected chi connectivity index (χ4v) is 4.62. The number of nitrogens with zero attached hydrogens (tertiary/aromatic N) is 5. The molecule has 12 heteroatoms. The summed E-state index contributed by atoms with van der Waals surface area (Å²) in [4.78, 5) is 47.4. The average molecular weight is 602 g/mol. The molecule has 1 N–H and O–H groups in total. The van der Waals surface area contributed by atoms with Gasteiger partial charge in [-0.1, -0.05) is 23.2 Å². The third-order valence-corrected chi connectivity index (χ3v) is 6.73. The summed E-state index contributed by atoms with van der Waals surface area (Å²) in [6.45, 7) is 2.98. The second kappa shape index (κ2) is 13.3. The molecule has 0 saturated carbocycles. The molecule has 0 radical (unpaired) electrons. The van der Waals surface area contributed by atoms with Gasteiger partial charge in [-0.2, -0.15) is 0 Å². The molecule has 1 aliphatic heterocycles. The normalized spacial score (nSPS) is 12.7. The lowest BCUT2D eigenvalue weighted by molar-refractivity contribution is 0.0990. The number of pyridine rings is 1. The Morgan fingerprint density at radius 2 is 1.36 bits per heavy atom. The topological polar surface area (TPSA) is 127 Å². The van der Waals surface area contributed by atoms with Crippen molar-refractivity contribution >= 4 is 57.9 Å². The summed E-state index contributed by atoms with van der Waals surface area (Å²) in [7, 11) is 0. The largest absolute Gasteiger partial charge is 0.378 e. The van der Waals surface area contributed by atoms with E-state index in [1.165, 1.54) is 12.1 Å². The number of ether oxygens (including phenoxy) is 1. The zero-order valence-corrected chi connectivity index (χ0v) is 23.5. The summed E-state index contributed by atoms with van der Waals surface area (Å²) in [6.07, 6.45) is 0. The molecule has 10 nitrogen and oxygen atoms in total. The van der Waals surface area contributed by atoms with Gasteiger partial charge in [-0.15, -0.1) is 0 Å². The van der Waals surface area contributed by atoms with Crippen molar-refractivity contribution in [3.8, 4) is 0 Å². The van der Waals surface area contributed by atoms with Crippen LogP contribution in [-0.4, -0.2) is 48.9 Å². The Labute approximate surface area is 250 Å². The van der Waals surface area contributed by atoms with Crippen molar-refractivity contribution in [1.82, 2.24) is 9.90 Å². The minimum atomic E-state index is -0.507. The van der Waals surface area contributed by atoms with Crippen molar-refractivity contribution in [3.63, 3.8) is 0 Å². The molecule has 1 fully saturated rings. The molecule has 0 unspecified atom stereocenters. The molecule has 210 valence electrons. The lowest BCUT2D eigenvalue weighted by atomic mass is 10.0. The van der Waals surface area contributed by atoms with Crippen molar-refractivity contribution in [2.24, 2.45) is 10.2 Å². The van der Waals surface area contributed by atoms with Gasteiger partial charge in [0.25, 0.3) is 5.91 Å². The number of nitrogens with one attached hydrogen (secondary N) is 1. The van der Waals surface area contributed by atoms with E-state index in [-0.39, 0.29) is 21.7 Å². The Morgan fingerprint density at radius 1 is 0.786 bits per heavy atom. The summed E-state index contributed by atoms with van der Waals surface area (Å²) >= 11 is 11.7. The number of anilines is 2. The first-order valence-corrected chi connectivity index (χ1v) is 13.6. The number of rotatable bonds is 7. The molecule has 2 heterocycles. The van der Waals surface area contributed by atoms with Crippen LogP contribution in [0.5, 0.6) is 0 Å². The van der Waals surface area contributed by atoms with Crippen molar-refractivity contribution in [2.45, 2.75) is 0 Å². The van der Waals surface area contributed by atoms with Crippen LogP contribution in [0.4, 0.5) is 17.1 Å². The summed E-state index contributed by atoms with van der Waals surface area (Å²) in [6, 6.07) is 22.8. The minimum absolute atomic E-state index is 0.106. The van der Waals surface area contributed by atoms with Crippen LogP contribution in [0.25, 0.3) is 0 Å². The number of carbonyl (C=O) groups is 3. The maximum Gasteiger partial charge on any atom is 0.360 e. The van der Waals surface area contributed by atoms with E-state index in [1.54, 1.807) is 60.7 Å². The second-order valence-corrected chi connectivity index (χ2v) is 9.92. The lowest BCUT2D eigenvalue weighted by Crippen LogP contribution is -2.36. The molecule has 3 aromatic carbocycles. The van der Waals surface area contributed by atoms with Crippen LogP contribution < -0.4 is 15.1 Å². The Morgan fingerprint density at radius 3 is 1.98 bits per heavy atom. The van der Waals surface area contributed by atoms with Gasteiger partial charge in [0.1, 0.15) is 10.3 Å². The van der Waals surface area contributed by atoms with Crippen LogP contribution in [0.3, 0.4) is 0 Å². The quantitative estimate of drug-likeness (QED) is 0.117. The summed E-state index contributed by atoms with van der Waals surface area (Å²) < 4.78 is 5.36. The number of ketones is 1. The Bertz CT molecular complexity index is 1660. The summed E-state index contributed by atoms with van der Waals surface area (Å²) in [5.41, 5.74) is 3.46. The predicted octanol–water partition coefficient (Wildman–Crippen LogP) is 6.15. The first-order valence-electron chi connectivity index (χ1n) is 12.8. The Kier molecular flexibility index (Phi) is 9.11. The van der Waals surface area contributed by atoms with E-state index in [9.17, 15) is 14.4 Å². The molecule has 5 rings (SSSR count). The Hall–Kier alpha value is -4.73. The highest BCUT2D eigenvalue weighted by Gasteiger charge is 2.15. The number of carbonyl (C=O) groups excluding carboxylic acids is 3. The van der Waals surface area contributed by atoms with Crippen LogP contribution in [-0.2, 0) is 4.74 Å². The molecule has 4 aromatic rings. The highest BCUT2D eigenvalue weighted by Crippen LogP contribution is 2.20. The lowest BCUT2D eigenvalue weighted by Gasteiger charge is -2.28. The van der Waals surface area contributed by atoms with E-state index >= 15 is 0 Å². The first kappa shape index (κ1) is 28.8. The van der Waals surface area contributed by atoms with Crippen LogP contribution in [0.2, 0.25) is 10.3 Å². The standard InChI is InChI=1S/C30H22Cl2N6O4/c31-26-17-22(18-27(32)34-26)29(40)33-23-7-1-19(2-8-23)28(39)20-3-9-24(10-4-20)35-37-36-30(41)21-5-11-25(12-6-21)38-13-15-42-16-14-38/h1-12,17-18H,13-16H2/p+1. The van der Waals surface area contributed by atoms with E-state index in [1.807, 2.05) is 12.1 Å². The fourth-order valence-electron chi connectivity index (χ4n) is 4.16. The Balaban J connectivity index is 1.17. The van der Waals surface area contributed by atoms with E-state index in [0.717, 1.165) is 18.8 Å². The zero-order chi connectivity index (χ0) is 29.5. The van der Waals surface area contributed by atoms with Gasteiger partial charge >= 0.3 is 5.91 Å². The maximum atomic E-state index is 12.9. The van der Waals surface area contributed by atoms with Gasteiger partial charge < -0.3 is 15.0 Å². The molecule has 1 aromatic heterocycles. The number of aromatic nitrogens is 1. The van der Waals surface area contributed by atoms with Crippen LogP contribution in [0.15, 0.2) is 95.2 Å². The van der Waals surface area contributed by atoms with Gasteiger partial charge in [-0.05, 0) is 84.9 Å². The second-order valence-electron chi connectivity index (χ2n) is 9.15. The van der Waals surface area contributed by atoms with Crippen molar-refractivity contribution in [3.05, 3.63) is 117 Å². The van der Waals surface area contributed by atoms with Gasteiger partial charge in [0, 0.05) is 46.7 Å². The first-order chi connectivity index (χ1) is 20.4. The molecule has 0 bridgehead atoms. The molecule has 0 atom stereocenters. The fraction of sp³-hybridized carbons (Fsp3) is 0.133. The number of halogens is 2. The van der Waals surface area contributed by atoms with E-state index < -0.39 is 11.8 Å². The number of benzene rings is 3. The third kappa shape index (κ3) is 7.31. The molecular formula is C30H23Cl2N6O4+. The van der Waals surface area contributed by atoms with E-state index in [2.05, 4.69) is 30.3 Å². The molecule has 42 heavy (non-hydrogen) atoms. The van der Waals surface area contributed by atoms with E-state index in [0.29, 0.717) is 41.3 Å². The third-order valence-electron chi connectivity index (χ3n) is 6.35. The van der Waals surface area contributed by atoms with Crippen LogP contribution in [0.1, 0.15) is 36.6 Å². The predicted molar refractivity (Wildman–Crippen MR) is 159 cm³/mol. The van der Waals surface area contributed by atoms with E-state index in [4.69, 9.17) is 27.9 Å². The zero-order valence-electron chi connectivity index (χ0n) is 22.0. The monoisotopic (exact) mass is 601 g/mol. The van der Waals surface area contributed by atoms with Crippen LogP contribution in [0, 0.1) is 0 Å². The molecular weight excluding hydrogens is 579 g/mol. The van der Waals surface area contributed by atoms with Crippen molar-refractivity contribution in [1.29, 1.82) is 0 Å². The van der Waals surface area contributed by atoms with Gasteiger partial charge in [0.05, 0.1) is 13.2 Å². The number of morpholine rings is 1. The van der Waals surface area contributed by atoms with Gasteiger partial charge in [0.15, 0.2) is 16.6 Å². The SMILES string of the molecule is O=C(N=[N+]=Nc1ccc(C(=O)c2ccc(NC(=O)c3cc(Cl)nc(Cl)c3)cc2)cc1)c1ccc(N2CCOCC2)cc1. The van der Waals surface area contributed by atoms with Crippen molar-refractivity contribution in [2.75, 3.05) is 36.5 Å². The average Bonchev–Trinajstić information content (AvgIpc) is 3.01. The van der Waals surface area contributed by atoms with Crippen molar-refractivity contribution < 1.29 is 19.1 Å². The molecule has 1 aliphatic rings. The number of amides is 2. The highest BCUT2D eigenvalue weighted by atomic mass is 35.5. The number of hydrogen-bond donors (Lipinski definition) is 1. The highest BCUT2D eigenvalue weighted by molar-refractivity contribution is 6.33. The summed E-state index contributed by atoms with van der Waals surface area (Å²) in [5, 5.41) is 10.6. The number of hydrogen-bond acceptors (Lipinski definition) is 7. The smallest absolute Gasteiger partial charge is 0.360 e. The molecule has 1 saturated heterocycles. The minimum Gasteiger partial charge on any atom is -0.378 e. The van der Waals surface area contributed by atoms with Gasteiger partial charge in [0.2, 0.25) is 10.0 Å². The summed E-state index contributed by atoms with van der Waals surface area (Å²) in [5.74, 6) is -1.14. The van der Waals surface area contributed by atoms with Gasteiger partial charge in [-0.25, -0.2) is 4.98 Å².